The van der Waals surface area contributed by atoms with Crippen molar-refractivity contribution in [3.8, 4) is 0 Å². The molecule has 1 N–H and O–H groups in total. The molecule has 1 aliphatic rings. The Morgan fingerprint density at radius 2 is 2.26 bits per heavy atom. The summed E-state index contributed by atoms with van der Waals surface area (Å²) >= 11 is 1.57. The maximum absolute atomic E-state index is 12.0. The van der Waals surface area contributed by atoms with Crippen LogP contribution >= 0.6 is 11.3 Å². The molecule has 0 bridgehead atoms. The third-order valence-corrected chi connectivity index (χ3v) is 3.91. The van der Waals surface area contributed by atoms with E-state index in [9.17, 15) is 9.59 Å². The third-order valence-electron chi connectivity index (χ3n) is 3.08. The van der Waals surface area contributed by atoms with Crippen LogP contribution in [0.25, 0.3) is 0 Å². The van der Waals surface area contributed by atoms with Crippen molar-refractivity contribution >= 4 is 23.3 Å². The Balaban J connectivity index is 1.79. The number of thiazole rings is 1. The van der Waals surface area contributed by atoms with Gasteiger partial charge in [0.05, 0.1) is 23.7 Å². The molecule has 0 aliphatic carbocycles. The quantitative estimate of drug-likeness (QED) is 0.906. The van der Waals surface area contributed by atoms with Gasteiger partial charge in [-0.05, 0) is 6.92 Å². The van der Waals surface area contributed by atoms with Crippen LogP contribution in [0.15, 0.2) is 5.38 Å². The minimum Gasteiger partial charge on any atom is -0.481 e. The summed E-state index contributed by atoms with van der Waals surface area (Å²) in [6.45, 7) is 3.49. The van der Waals surface area contributed by atoms with Gasteiger partial charge in [-0.1, -0.05) is 0 Å². The molecule has 0 radical (unpaired) electrons. The van der Waals surface area contributed by atoms with Gasteiger partial charge in [0.15, 0.2) is 0 Å². The summed E-state index contributed by atoms with van der Waals surface area (Å²) < 4.78 is 0. The number of carboxylic acid groups (broad SMARTS) is 1. The summed E-state index contributed by atoms with van der Waals surface area (Å²) in [6, 6.07) is -0.0627. The Kier molecular flexibility index (Phi) is 4.04. The zero-order valence-electron chi connectivity index (χ0n) is 11.0. The van der Waals surface area contributed by atoms with Crippen molar-refractivity contribution in [3.63, 3.8) is 0 Å². The molecule has 0 unspecified atom stereocenters. The highest BCUT2D eigenvalue weighted by atomic mass is 32.1. The lowest BCUT2D eigenvalue weighted by atomic mass is 9.97. The summed E-state index contributed by atoms with van der Waals surface area (Å²) in [6.07, 6.45) is 0.138. The number of carboxylic acids is 1. The summed E-state index contributed by atoms with van der Waals surface area (Å²) in [7, 11) is 1.74. The van der Waals surface area contributed by atoms with E-state index in [2.05, 4.69) is 4.98 Å². The van der Waals surface area contributed by atoms with Crippen molar-refractivity contribution in [2.75, 3.05) is 20.1 Å². The van der Waals surface area contributed by atoms with Crippen LogP contribution in [-0.2, 0) is 11.3 Å². The lowest BCUT2D eigenvalue weighted by Gasteiger charge is -2.40. The molecule has 0 aromatic carbocycles. The Labute approximate surface area is 115 Å². The van der Waals surface area contributed by atoms with E-state index < -0.39 is 5.97 Å². The topological polar surface area (TPSA) is 73.7 Å². The number of aliphatic carboxylic acids is 1. The number of carbonyl (C=O) groups is 2. The van der Waals surface area contributed by atoms with Crippen LogP contribution in [0, 0.1) is 12.8 Å². The predicted octanol–water partition coefficient (Wildman–Crippen LogP) is 1.41. The molecule has 2 amide bonds. The second-order valence-corrected chi connectivity index (χ2v) is 5.93. The van der Waals surface area contributed by atoms with E-state index in [0.29, 0.717) is 19.6 Å². The van der Waals surface area contributed by atoms with Gasteiger partial charge in [0.2, 0.25) is 0 Å². The molecule has 0 atom stereocenters. The average Bonchev–Trinajstić information content (AvgIpc) is 2.67. The Morgan fingerprint density at radius 1 is 1.58 bits per heavy atom. The molecule has 2 heterocycles. The number of carbonyl (C=O) groups excluding carboxylic acids is 1. The van der Waals surface area contributed by atoms with Gasteiger partial charge in [0.1, 0.15) is 0 Å². The molecule has 7 heteroatoms. The van der Waals surface area contributed by atoms with E-state index in [4.69, 9.17) is 5.11 Å². The second-order valence-electron chi connectivity index (χ2n) is 4.87. The number of likely N-dealkylation sites (tertiary alicyclic amines) is 1. The van der Waals surface area contributed by atoms with Crippen molar-refractivity contribution in [1.29, 1.82) is 0 Å². The SMILES string of the molecule is Cc1nc(CN(C)C(=O)N2CC(CC(=O)O)C2)cs1. The maximum Gasteiger partial charge on any atom is 0.320 e. The minimum absolute atomic E-state index is 0.0627. The second kappa shape index (κ2) is 5.56. The third kappa shape index (κ3) is 3.44. The highest BCUT2D eigenvalue weighted by Crippen LogP contribution is 2.21. The summed E-state index contributed by atoms with van der Waals surface area (Å²) in [4.78, 5) is 30.2. The normalized spacial score (nSPS) is 15.2. The van der Waals surface area contributed by atoms with E-state index in [1.807, 2.05) is 12.3 Å². The van der Waals surface area contributed by atoms with Gasteiger partial charge in [-0.15, -0.1) is 11.3 Å². The van der Waals surface area contributed by atoms with Crippen molar-refractivity contribution in [2.45, 2.75) is 19.9 Å². The molecular formula is C12H17N3O3S. The number of aromatic nitrogens is 1. The van der Waals surface area contributed by atoms with Crippen LogP contribution in [0.2, 0.25) is 0 Å². The monoisotopic (exact) mass is 283 g/mol. The fourth-order valence-corrected chi connectivity index (χ4v) is 2.74. The van der Waals surface area contributed by atoms with Crippen LogP contribution in [0.4, 0.5) is 4.79 Å². The highest BCUT2D eigenvalue weighted by molar-refractivity contribution is 7.09. The molecule has 1 aromatic rings. The van der Waals surface area contributed by atoms with E-state index in [-0.39, 0.29) is 18.4 Å². The maximum atomic E-state index is 12.0. The number of hydrogen-bond donors (Lipinski definition) is 1. The lowest BCUT2D eigenvalue weighted by molar-refractivity contribution is -0.139. The van der Waals surface area contributed by atoms with Gasteiger partial charge in [-0.2, -0.15) is 0 Å². The molecular weight excluding hydrogens is 266 g/mol. The minimum atomic E-state index is -0.802. The molecule has 0 spiro atoms. The first kappa shape index (κ1) is 13.8. The van der Waals surface area contributed by atoms with Gasteiger partial charge in [-0.3, -0.25) is 4.79 Å². The van der Waals surface area contributed by atoms with Crippen molar-refractivity contribution in [1.82, 2.24) is 14.8 Å². The molecule has 2 rings (SSSR count). The number of urea groups is 1. The van der Waals surface area contributed by atoms with E-state index in [1.54, 1.807) is 28.2 Å². The zero-order chi connectivity index (χ0) is 14.0. The molecule has 6 nitrogen and oxygen atoms in total. The first-order valence-electron chi connectivity index (χ1n) is 6.08. The standard InChI is InChI=1S/C12H17N3O3S/c1-8-13-10(7-19-8)6-14(2)12(18)15-4-9(5-15)3-11(16)17/h7,9H,3-6H2,1-2H3,(H,16,17). The highest BCUT2D eigenvalue weighted by Gasteiger charge is 2.33. The first-order chi connectivity index (χ1) is 8.95. The fraction of sp³-hybridized carbons (Fsp3) is 0.583. The summed E-state index contributed by atoms with van der Waals surface area (Å²) in [5.74, 6) is -0.709. The number of nitrogens with zero attached hydrogens (tertiary/aromatic N) is 3. The molecule has 0 saturated carbocycles. The Morgan fingerprint density at radius 3 is 2.79 bits per heavy atom. The average molecular weight is 283 g/mol. The molecule has 1 fully saturated rings. The lowest BCUT2D eigenvalue weighted by Crippen LogP contribution is -2.54. The summed E-state index contributed by atoms with van der Waals surface area (Å²) in [5, 5.41) is 11.6. The number of amides is 2. The fourth-order valence-electron chi connectivity index (χ4n) is 2.14. The van der Waals surface area contributed by atoms with Crippen molar-refractivity contribution < 1.29 is 14.7 Å². The smallest absolute Gasteiger partial charge is 0.320 e. The van der Waals surface area contributed by atoms with Crippen LogP contribution in [0.1, 0.15) is 17.1 Å². The molecule has 1 aliphatic heterocycles. The predicted molar refractivity (Wildman–Crippen MR) is 71.0 cm³/mol. The van der Waals surface area contributed by atoms with Crippen LogP contribution < -0.4 is 0 Å². The van der Waals surface area contributed by atoms with Gasteiger partial charge in [-0.25, -0.2) is 9.78 Å². The van der Waals surface area contributed by atoms with Crippen molar-refractivity contribution in [2.24, 2.45) is 5.92 Å². The van der Waals surface area contributed by atoms with E-state index in [1.165, 1.54) is 0 Å². The van der Waals surface area contributed by atoms with Crippen LogP contribution in [-0.4, -0.2) is 52.0 Å². The Hall–Kier alpha value is -1.63. The van der Waals surface area contributed by atoms with Crippen LogP contribution in [0.5, 0.6) is 0 Å². The molecule has 1 saturated heterocycles. The molecule has 1 aromatic heterocycles. The molecule has 104 valence electrons. The van der Waals surface area contributed by atoms with E-state index >= 15 is 0 Å². The largest absolute Gasteiger partial charge is 0.481 e. The van der Waals surface area contributed by atoms with Gasteiger partial charge in [0, 0.05) is 31.4 Å². The number of rotatable bonds is 4. The first-order valence-corrected chi connectivity index (χ1v) is 6.96. The van der Waals surface area contributed by atoms with Gasteiger partial charge >= 0.3 is 12.0 Å². The van der Waals surface area contributed by atoms with Crippen molar-refractivity contribution in [3.05, 3.63) is 16.1 Å². The van der Waals surface area contributed by atoms with Gasteiger partial charge in [0.25, 0.3) is 0 Å². The molecule has 19 heavy (non-hydrogen) atoms. The number of aryl methyl sites for hydroxylation is 1. The van der Waals surface area contributed by atoms with Crippen LogP contribution in [0.3, 0.4) is 0 Å². The summed E-state index contributed by atoms with van der Waals surface area (Å²) in [5.41, 5.74) is 0.890. The van der Waals surface area contributed by atoms with E-state index in [0.717, 1.165) is 10.7 Å². The Bertz CT molecular complexity index is 482. The number of hydrogen-bond acceptors (Lipinski definition) is 4. The van der Waals surface area contributed by atoms with Gasteiger partial charge < -0.3 is 14.9 Å². The zero-order valence-corrected chi connectivity index (χ0v) is 11.8.